The van der Waals surface area contributed by atoms with Gasteiger partial charge in [-0.2, -0.15) is 0 Å². The molecule has 1 saturated carbocycles. The molecule has 0 aromatic heterocycles. The highest BCUT2D eigenvalue weighted by molar-refractivity contribution is 4.94. The van der Waals surface area contributed by atoms with Gasteiger partial charge in [0.15, 0.2) is 0 Å². The molecule has 3 rings (SSSR count). The Labute approximate surface area is 124 Å². The van der Waals surface area contributed by atoms with Crippen LogP contribution in [0.5, 0.6) is 0 Å². The van der Waals surface area contributed by atoms with Crippen LogP contribution < -0.4 is 0 Å². The number of rotatable bonds is 3. The van der Waals surface area contributed by atoms with E-state index in [1.165, 1.54) is 71.0 Å². The number of nitrogens with zero attached hydrogens (tertiary/aromatic N) is 2. The summed E-state index contributed by atoms with van der Waals surface area (Å²) in [4.78, 5) is 5.40. The molecule has 1 N–H and O–H groups in total. The molecule has 3 aliphatic rings. The van der Waals surface area contributed by atoms with Crippen LogP contribution in [0.4, 0.5) is 0 Å². The zero-order valence-corrected chi connectivity index (χ0v) is 13.2. The van der Waals surface area contributed by atoms with Crippen LogP contribution in [-0.4, -0.2) is 59.8 Å². The summed E-state index contributed by atoms with van der Waals surface area (Å²) in [7, 11) is 0. The highest BCUT2D eigenvalue weighted by Gasteiger charge is 2.39. The third kappa shape index (κ3) is 3.05. The van der Waals surface area contributed by atoms with Crippen LogP contribution in [0.15, 0.2) is 0 Å². The van der Waals surface area contributed by atoms with Crippen LogP contribution in [0.3, 0.4) is 0 Å². The molecule has 0 spiro atoms. The summed E-state index contributed by atoms with van der Waals surface area (Å²) in [6.07, 6.45) is 10.6. The van der Waals surface area contributed by atoms with E-state index in [1.54, 1.807) is 0 Å². The zero-order valence-electron chi connectivity index (χ0n) is 13.2. The molecule has 0 radical (unpaired) electrons. The van der Waals surface area contributed by atoms with E-state index < -0.39 is 0 Å². The van der Waals surface area contributed by atoms with Crippen molar-refractivity contribution >= 4 is 0 Å². The van der Waals surface area contributed by atoms with E-state index in [9.17, 15) is 5.11 Å². The summed E-state index contributed by atoms with van der Waals surface area (Å²) in [6, 6.07) is 1.46. The first-order valence-corrected chi connectivity index (χ1v) is 8.81. The van der Waals surface area contributed by atoms with Crippen molar-refractivity contribution in [2.45, 2.75) is 70.4 Å². The van der Waals surface area contributed by atoms with Gasteiger partial charge in [-0.15, -0.1) is 0 Å². The predicted octanol–water partition coefficient (Wildman–Crippen LogP) is 2.49. The molecular formula is C17H32N2O. The van der Waals surface area contributed by atoms with Gasteiger partial charge in [0.2, 0.25) is 0 Å². The lowest BCUT2D eigenvalue weighted by Gasteiger charge is -2.46. The lowest BCUT2D eigenvalue weighted by Crippen LogP contribution is -2.57. The van der Waals surface area contributed by atoms with Crippen LogP contribution in [0.2, 0.25) is 0 Å². The van der Waals surface area contributed by atoms with Crippen LogP contribution in [0.25, 0.3) is 0 Å². The van der Waals surface area contributed by atoms with E-state index in [-0.39, 0.29) is 5.41 Å². The van der Waals surface area contributed by atoms with Crippen molar-refractivity contribution in [3.05, 3.63) is 0 Å². The van der Waals surface area contributed by atoms with Crippen molar-refractivity contribution in [2.75, 3.05) is 32.8 Å². The molecule has 116 valence electrons. The molecule has 3 heteroatoms. The maximum Gasteiger partial charge on any atom is 0.0499 e. The van der Waals surface area contributed by atoms with Crippen LogP contribution in [0, 0.1) is 5.41 Å². The lowest BCUT2D eigenvalue weighted by atomic mass is 9.80. The second-order valence-corrected chi connectivity index (χ2v) is 7.64. The Morgan fingerprint density at radius 3 is 2.50 bits per heavy atom. The SMILES string of the molecule is CC1CN2CCCC2CN1CC1(CO)CCCCCC1. The second-order valence-electron chi connectivity index (χ2n) is 7.64. The number of aliphatic hydroxyl groups excluding tert-OH is 1. The Hall–Kier alpha value is -0.120. The Balaban J connectivity index is 1.65. The fourth-order valence-electron chi connectivity index (χ4n) is 4.74. The highest BCUT2D eigenvalue weighted by Crippen LogP contribution is 2.37. The van der Waals surface area contributed by atoms with E-state index in [0.717, 1.165) is 12.6 Å². The van der Waals surface area contributed by atoms with E-state index in [2.05, 4.69) is 16.7 Å². The van der Waals surface area contributed by atoms with Crippen LogP contribution in [0.1, 0.15) is 58.3 Å². The Kier molecular flexibility index (Phi) is 4.68. The molecular weight excluding hydrogens is 248 g/mol. The first-order valence-electron chi connectivity index (χ1n) is 8.81. The smallest absolute Gasteiger partial charge is 0.0499 e. The molecule has 0 bridgehead atoms. The molecule has 3 fully saturated rings. The van der Waals surface area contributed by atoms with Crippen molar-refractivity contribution in [1.82, 2.24) is 9.80 Å². The number of aliphatic hydroxyl groups is 1. The molecule has 2 heterocycles. The summed E-state index contributed by atoms with van der Waals surface area (Å²) in [6.45, 7) is 7.71. The normalized spacial score (nSPS) is 35.7. The van der Waals surface area contributed by atoms with Crippen molar-refractivity contribution in [3.8, 4) is 0 Å². The quantitative estimate of drug-likeness (QED) is 0.805. The Morgan fingerprint density at radius 2 is 1.80 bits per heavy atom. The van der Waals surface area contributed by atoms with E-state index in [0.29, 0.717) is 12.6 Å². The summed E-state index contributed by atoms with van der Waals surface area (Å²) in [5.74, 6) is 0. The first kappa shape index (κ1) is 14.8. The van der Waals surface area contributed by atoms with Crippen molar-refractivity contribution in [3.63, 3.8) is 0 Å². The number of piperazine rings is 1. The van der Waals surface area contributed by atoms with Crippen molar-refractivity contribution < 1.29 is 5.11 Å². The minimum Gasteiger partial charge on any atom is -0.396 e. The fraction of sp³-hybridized carbons (Fsp3) is 1.00. The average molecular weight is 280 g/mol. The molecule has 1 aliphatic carbocycles. The minimum atomic E-state index is 0.200. The van der Waals surface area contributed by atoms with E-state index in [1.807, 2.05) is 0 Å². The van der Waals surface area contributed by atoms with Gasteiger partial charge >= 0.3 is 0 Å². The molecule has 0 aromatic rings. The van der Waals surface area contributed by atoms with Gasteiger partial charge < -0.3 is 5.11 Å². The fourth-order valence-corrected chi connectivity index (χ4v) is 4.74. The summed E-state index contributed by atoms with van der Waals surface area (Å²) >= 11 is 0. The van der Waals surface area contributed by atoms with Gasteiger partial charge in [-0.25, -0.2) is 0 Å². The largest absolute Gasteiger partial charge is 0.396 e. The molecule has 0 amide bonds. The number of fused-ring (bicyclic) bond motifs is 1. The van der Waals surface area contributed by atoms with Crippen molar-refractivity contribution in [1.29, 1.82) is 0 Å². The van der Waals surface area contributed by atoms with Gasteiger partial charge in [0, 0.05) is 43.7 Å². The van der Waals surface area contributed by atoms with Gasteiger partial charge in [-0.05, 0) is 39.2 Å². The van der Waals surface area contributed by atoms with Crippen molar-refractivity contribution in [2.24, 2.45) is 5.41 Å². The van der Waals surface area contributed by atoms with Crippen LogP contribution >= 0.6 is 0 Å². The third-order valence-electron chi connectivity index (χ3n) is 6.10. The van der Waals surface area contributed by atoms with Gasteiger partial charge in [0.1, 0.15) is 0 Å². The lowest BCUT2D eigenvalue weighted by molar-refractivity contribution is -0.00135. The molecule has 3 nitrogen and oxygen atoms in total. The van der Waals surface area contributed by atoms with Gasteiger partial charge in [0.05, 0.1) is 0 Å². The average Bonchev–Trinajstić information content (AvgIpc) is 2.76. The van der Waals surface area contributed by atoms with Gasteiger partial charge in [0.25, 0.3) is 0 Å². The third-order valence-corrected chi connectivity index (χ3v) is 6.10. The minimum absolute atomic E-state index is 0.200. The first-order chi connectivity index (χ1) is 9.72. The zero-order chi connectivity index (χ0) is 14.0. The predicted molar refractivity (Wildman–Crippen MR) is 82.9 cm³/mol. The molecule has 2 aliphatic heterocycles. The van der Waals surface area contributed by atoms with E-state index >= 15 is 0 Å². The number of hydrogen-bond donors (Lipinski definition) is 1. The van der Waals surface area contributed by atoms with E-state index in [4.69, 9.17) is 0 Å². The molecule has 2 atom stereocenters. The molecule has 0 aromatic carbocycles. The summed E-state index contributed by atoms with van der Waals surface area (Å²) in [5, 5.41) is 10.0. The van der Waals surface area contributed by atoms with Gasteiger partial charge in [-0.3, -0.25) is 9.80 Å². The van der Waals surface area contributed by atoms with Crippen LogP contribution in [-0.2, 0) is 0 Å². The monoisotopic (exact) mass is 280 g/mol. The Morgan fingerprint density at radius 1 is 1.05 bits per heavy atom. The topological polar surface area (TPSA) is 26.7 Å². The molecule has 2 saturated heterocycles. The second kappa shape index (κ2) is 6.33. The highest BCUT2D eigenvalue weighted by atomic mass is 16.3. The number of hydrogen-bond acceptors (Lipinski definition) is 3. The van der Waals surface area contributed by atoms with Gasteiger partial charge in [-0.1, -0.05) is 25.7 Å². The molecule has 2 unspecified atom stereocenters. The standard InChI is InChI=1S/C17H32N2O/c1-15-11-18-10-6-7-16(18)12-19(15)13-17(14-20)8-4-2-3-5-9-17/h15-16,20H,2-14H2,1H3. The molecule has 20 heavy (non-hydrogen) atoms. The summed E-state index contributed by atoms with van der Waals surface area (Å²) in [5.41, 5.74) is 0.200. The maximum atomic E-state index is 10.0. The Bertz CT molecular complexity index is 312. The maximum absolute atomic E-state index is 10.0. The summed E-state index contributed by atoms with van der Waals surface area (Å²) < 4.78 is 0.